The largest absolute Gasteiger partial charge is 0.433 e. The number of halogens is 3. The summed E-state index contributed by atoms with van der Waals surface area (Å²) < 4.78 is 38.4. The second-order valence-electron chi connectivity index (χ2n) is 8.99. The van der Waals surface area contributed by atoms with Crippen molar-refractivity contribution in [2.24, 2.45) is 5.41 Å². The van der Waals surface area contributed by atoms with E-state index >= 15 is 0 Å². The first-order chi connectivity index (χ1) is 13.3. The predicted molar refractivity (Wildman–Crippen MR) is 103 cm³/mol. The van der Waals surface area contributed by atoms with E-state index in [1.54, 1.807) is 0 Å². The summed E-state index contributed by atoms with van der Waals surface area (Å²) >= 11 is 0. The van der Waals surface area contributed by atoms with Crippen molar-refractivity contribution in [3.63, 3.8) is 0 Å². The number of aliphatic hydroxyl groups excluding tert-OH is 2. The van der Waals surface area contributed by atoms with E-state index in [1.807, 2.05) is 20.8 Å². The van der Waals surface area contributed by atoms with Crippen LogP contribution in [0.2, 0.25) is 0 Å². The zero-order valence-corrected chi connectivity index (χ0v) is 17.3. The fourth-order valence-corrected chi connectivity index (χ4v) is 4.23. The molecular weight excluding hydrogens is 381 g/mol. The molecule has 1 unspecified atom stereocenters. The first kappa shape index (κ1) is 21.7. The van der Waals surface area contributed by atoms with Crippen molar-refractivity contribution in [3.8, 4) is 0 Å². The molecule has 29 heavy (non-hydrogen) atoms. The molecular formula is C22H27F3N2O2. The second kappa shape index (κ2) is 7.36. The topological polar surface area (TPSA) is 66.2 Å². The minimum atomic E-state index is -4.53. The van der Waals surface area contributed by atoms with Crippen LogP contribution in [0.25, 0.3) is 0 Å². The lowest BCUT2D eigenvalue weighted by molar-refractivity contribution is -0.141. The first-order valence-electron chi connectivity index (χ1n) is 9.74. The molecule has 0 fully saturated rings. The van der Waals surface area contributed by atoms with Crippen LogP contribution in [0.4, 0.5) is 13.2 Å². The molecule has 3 rings (SSSR count). The Labute approximate surface area is 168 Å². The third-order valence-corrected chi connectivity index (χ3v) is 5.59. The van der Waals surface area contributed by atoms with E-state index in [0.29, 0.717) is 17.7 Å². The van der Waals surface area contributed by atoms with E-state index in [4.69, 9.17) is 4.98 Å². The van der Waals surface area contributed by atoms with Crippen LogP contribution in [0, 0.1) is 12.3 Å². The maximum absolute atomic E-state index is 12.8. The van der Waals surface area contributed by atoms with Crippen LogP contribution >= 0.6 is 0 Å². The summed E-state index contributed by atoms with van der Waals surface area (Å²) in [5, 5.41) is 21.8. The summed E-state index contributed by atoms with van der Waals surface area (Å²) in [7, 11) is 0. The van der Waals surface area contributed by atoms with Crippen LogP contribution in [-0.2, 0) is 12.6 Å². The van der Waals surface area contributed by atoms with Gasteiger partial charge in [0.1, 0.15) is 11.8 Å². The summed E-state index contributed by atoms with van der Waals surface area (Å²) in [6.07, 6.45) is -4.05. The van der Waals surface area contributed by atoms with Crippen molar-refractivity contribution < 1.29 is 23.4 Å². The van der Waals surface area contributed by atoms with Crippen LogP contribution in [-0.4, -0.2) is 20.2 Å². The molecule has 2 heterocycles. The monoisotopic (exact) mass is 408 g/mol. The van der Waals surface area contributed by atoms with E-state index in [2.05, 4.69) is 18.8 Å². The fourth-order valence-electron chi connectivity index (χ4n) is 4.23. The molecule has 0 spiro atoms. The average Bonchev–Trinajstić information content (AvgIpc) is 2.58. The zero-order chi connectivity index (χ0) is 21.7. The third-order valence-electron chi connectivity index (χ3n) is 5.59. The van der Waals surface area contributed by atoms with Gasteiger partial charge in [0, 0.05) is 34.3 Å². The number of hydrogen-bond acceptors (Lipinski definition) is 4. The summed E-state index contributed by atoms with van der Waals surface area (Å²) in [5.74, 6) is -0.00626. The molecule has 0 aliphatic heterocycles. The molecule has 2 aromatic heterocycles. The number of fused-ring (bicyclic) bond motifs is 1. The van der Waals surface area contributed by atoms with Gasteiger partial charge in [0.25, 0.3) is 0 Å². The Balaban J connectivity index is 2.12. The van der Waals surface area contributed by atoms with Gasteiger partial charge in [-0.2, -0.15) is 13.2 Å². The van der Waals surface area contributed by atoms with Gasteiger partial charge >= 0.3 is 6.18 Å². The SMILES string of the molecule is Cc1c2c(nc(C(C)C)c1[C@H](O)c1ccc(C(F)(F)F)nc1)CC(C)(C)CC2O. The molecule has 0 bridgehead atoms. The molecule has 0 aromatic carbocycles. The fraction of sp³-hybridized carbons (Fsp3) is 0.545. The van der Waals surface area contributed by atoms with Crippen molar-refractivity contribution in [3.05, 3.63) is 57.7 Å². The van der Waals surface area contributed by atoms with E-state index < -0.39 is 24.1 Å². The molecule has 0 amide bonds. The molecule has 7 heteroatoms. The number of pyridine rings is 2. The highest BCUT2D eigenvalue weighted by Gasteiger charge is 2.36. The molecule has 4 nitrogen and oxygen atoms in total. The van der Waals surface area contributed by atoms with Crippen LogP contribution < -0.4 is 0 Å². The summed E-state index contributed by atoms with van der Waals surface area (Å²) in [6, 6.07) is 2.11. The molecule has 2 aromatic rings. The quantitative estimate of drug-likeness (QED) is 0.749. The van der Waals surface area contributed by atoms with Crippen molar-refractivity contribution >= 4 is 0 Å². The molecule has 2 N–H and O–H groups in total. The van der Waals surface area contributed by atoms with Crippen LogP contribution in [0.5, 0.6) is 0 Å². The number of alkyl halides is 3. The maximum Gasteiger partial charge on any atom is 0.433 e. The van der Waals surface area contributed by atoms with Gasteiger partial charge in [0.2, 0.25) is 0 Å². The highest BCUT2D eigenvalue weighted by Crippen LogP contribution is 2.44. The second-order valence-corrected chi connectivity index (χ2v) is 8.99. The molecule has 2 atom stereocenters. The molecule has 158 valence electrons. The number of hydrogen-bond donors (Lipinski definition) is 2. The lowest BCUT2D eigenvalue weighted by Gasteiger charge is -2.36. The minimum absolute atomic E-state index is 0.00626. The maximum atomic E-state index is 12.8. The summed E-state index contributed by atoms with van der Waals surface area (Å²) in [6.45, 7) is 9.92. The molecule has 0 saturated heterocycles. The van der Waals surface area contributed by atoms with Gasteiger partial charge in [-0.15, -0.1) is 0 Å². The summed E-state index contributed by atoms with van der Waals surface area (Å²) in [5.41, 5.74) is 2.70. The van der Waals surface area contributed by atoms with Gasteiger partial charge < -0.3 is 10.2 Å². The van der Waals surface area contributed by atoms with Gasteiger partial charge in [-0.3, -0.25) is 9.97 Å². The van der Waals surface area contributed by atoms with Crippen LogP contribution in [0.1, 0.15) is 91.6 Å². The van der Waals surface area contributed by atoms with Crippen molar-refractivity contribution in [1.29, 1.82) is 0 Å². The number of nitrogens with zero attached hydrogens (tertiary/aromatic N) is 2. The van der Waals surface area contributed by atoms with E-state index in [9.17, 15) is 23.4 Å². The van der Waals surface area contributed by atoms with Gasteiger partial charge in [-0.05, 0) is 42.7 Å². The molecule has 0 radical (unpaired) electrons. The van der Waals surface area contributed by atoms with Crippen molar-refractivity contribution in [2.75, 3.05) is 0 Å². The van der Waals surface area contributed by atoms with Crippen molar-refractivity contribution in [1.82, 2.24) is 9.97 Å². The van der Waals surface area contributed by atoms with Crippen LogP contribution in [0.15, 0.2) is 18.3 Å². The zero-order valence-electron chi connectivity index (χ0n) is 17.3. The van der Waals surface area contributed by atoms with E-state index in [1.165, 1.54) is 6.07 Å². The highest BCUT2D eigenvalue weighted by molar-refractivity contribution is 5.47. The minimum Gasteiger partial charge on any atom is -0.388 e. The smallest absolute Gasteiger partial charge is 0.388 e. The Bertz CT molecular complexity index is 906. The van der Waals surface area contributed by atoms with E-state index in [0.717, 1.165) is 35.5 Å². The lowest BCUT2D eigenvalue weighted by atomic mass is 9.72. The van der Waals surface area contributed by atoms with Gasteiger partial charge in [0.15, 0.2) is 0 Å². The Morgan fingerprint density at radius 3 is 2.38 bits per heavy atom. The highest BCUT2D eigenvalue weighted by atomic mass is 19.4. The summed E-state index contributed by atoms with van der Waals surface area (Å²) in [4.78, 5) is 8.27. The lowest BCUT2D eigenvalue weighted by Crippen LogP contribution is -2.29. The van der Waals surface area contributed by atoms with Crippen molar-refractivity contribution in [2.45, 2.75) is 71.8 Å². The van der Waals surface area contributed by atoms with E-state index in [-0.39, 0.29) is 16.9 Å². The average molecular weight is 408 g/mol. The molecule has 1 aliphatic carbocycles. The normalized spacial score (nSPS) is 19.9. The Morgan fingerprint density at radius 1 is 1.21 bits per heavy atom. The Kier molecular flexibility index (Phi) is 5.51. The molecule has 1 aliphatic rings. The van der Waals surface area contributed by atoms with Gasteiger partial charge in [-0.1, -0.05) is 33.8 Å². The van der Waals surface area contributed by atoms with Gasteiger partial charge in [-0.25, -0.2) is 0 Å². The molecule has 0 saturated carbocycles. The predicted octanol–water partition coefficient (Wildman–Crippen LogP) is 5.01. The Morgan fingerprint density at radius 2 is 1.86 bits per heavy atom. The first-order valence-corrected chi connectivity index (χ1v) is 9.74. The number of aliphatic hydroxyl groups is 2. The number of rotatable bonds is 3. The number of aromatic nitrogens is 2. The van der Waals surface area contributed by atoms with Crippen LogP contribution in [0.3, 0.4) is 0 Å². The standard InChI is InChI=1S/C22H27F3N2O2/c1-11(2)19-18(20(29)13-6-7-16(26-10-13)22(23,24)25)12(3)17-14(27-19)8-21(4,5)9-15(17)28/h6-7,10-11,15,20,28-29H,8-9H2,1-5H3/t15?,20-/m1/s1. The van der Waals surface area contributed by atoms with Gasteiger partial charge in [0.05, 0.1) is 6.10 Å². The third kappa shape index (κ3) is 4.16. The Hall–Kier alpha value is -1.99.